The summed E-state index contributed by atoms with van der Waals surface area (Å²) in [5.74, 6) is -1.24. The Morgan fingerprint density at radius 1 is 1.40 bits per heavy atom. The Hall–Kier alpha value is -2.08. The normalized spacial score (nSPS) is 21.9. The number of nitrogens with zero attached hydrogens (tertiary/aromatic N) is 2. The molecule has 0 radical (unpaired) electrons. The largest absolute Gasteiger partial charge is 0.480 e. The third-order valence-electron chi connectivity index (χ3n) is 3.62. The van der Waals surface area contributed by atoms with Gasteiger partial charge in [-0.15, -0.1) is 0 Å². The van der Waals surface area contributed by atoms with Crippen molar-refractivity contribution in [2.75, 3.05) is 32.1 Å². The van der Waals surface area contributed by atoms with E-state index >= 15 is 0 Å². The van der Waals surface area contributed by atoms with Crippen LogP contribution in [0.15, 0.2) is 24.3 Å². The van der Waals surface area contributed by atoms with E-state index in [1.807, 2.05) is 31.1 Å². The highest BCUT2D eigenvalue weighted by Crippen LogP contribution is 2.22. The van der Waals surface area contributed by atoms with Crippen molar-refractivity contribution in [3.63, 3.8) is 0 Å². The molecule has 1 aromatic rings. The molecule has 1 amide bonds. The summed E-state index contributed by atoms with van der Waals surface area (Å²) >= 11 is 0. The van der Waals surface area contributed by atoms with Crippen molar-refractivity contribution in [1.82, 2.24) is 4.90 Å². The summed E-state index contributed by atoms with van der Waals surface area (Å²) in [6, 6.07) is 7.24. The van der Waals surface area contributed by atoms with E-state index in [4.69, 9.17) is 10.8 Å². The topological polar surface area (TPSA) is 86.9 Å². The zero-order valence-corrected chi connectivity index (χ0v) is 11.7. The van der Waals surface area contributed by atoms with Gasteiger partial charge in [0.05, 0.1) is 0 Å². The first-order chi connectivity index (χ1) is 9.33. The fourth-order valence-corrected chi connectivity index (χ4v) is 2.28. The van der Waals surface area contributed by atoms with Crippen molar-refractivity contribution < 1.29 is 14.7 Å². The third kappa shape index (κ3) is 2.60. The number of rotatable bonds is 3. The monoisotopic (exact) mass is 277 g/mol. The molecule has 1 heterocycles. The van der Waals surface area contributed by atoms with Crippen molar-refractivity contribution >= 4 is 17.6 Å². The van der Waals surface area contributed by atoms with Gasteiger partial charge >= 0.3 is 5.97 Å². The Morgan fingerprint density at radius 2 is 2.10 bits per heavy atom. The molecular weight excluding hydrogens is 258 g/mol. The lowest BCUT2D eigenvalue weighted by Gasteiger charge is -2.21. The van der Waals surface area contributed by atoms with Crippen molar-refractivity contribution in [3.05, 3.63) is 29.8 Å². The summed E-state index contributed by atoms with van der Waals surface area (Å²) in [7, 11) is 3.80. The molecule has 0 aliphatic carbocycles. The van der Waals surface area contributed by atoms with Gasteiger partial charge in [-0.1, -0.05) is 6.07 Å². The number of benzene rings is 1. The standard InChI is InChI=1S/C14H19N3O3/c1-16(2)11-5-3-4-10(8-11)12(18)17-7-6-14(15,9-17)13(19)20/h3-5,8H,6-7,9,15H2,1-2H3,(H,19,20). The average molecular weight is 277 g/mol. The molecule has 3 N–H and O–H groups in total. The summed E-state index contributed by atoms with van der Waals surface area (Å²) in [4.78, 5) is 26.9. The first kappa shape index (κ1) is 14.3. The number of hydrogen-bond donors (Lipinski definition) is 2. The van der Waals surface area contributed by atoms with Crippen LogP contribution in [0.3, 0.4) is 0 Å². The molecule has 1 saturated heterocycles. The molecule has 0 bridgehead atoms. The zero-order chi connectivity index (χ0) is 14.9. The number of carboxylic acid groups (broad SMARTS) is 1. The van der Waals surface area contributed by atoms with E-state index in [9.17, 15) is 9.59 Å². The van der Waals surface area contributed by atoms with E-state index in [2.05, 4.69) is 0 Å². The van der Waals surface area contributed by atoms with Gasteiger partial charge in [0.2, 0.25) is 0 Å². The van der Waals surface area contributed by atoms with Crippen molar-refractivity contribution in [2.45, 2.75) is 12.0 Å². The maximum absolute atomic E-state index is 12.4. The molecule has 2 rings (SSSR count). The van der Waals surface area contributed by atoms with Gasteiger partial charge < -0.3 is 20.6 Å². The quantitative estimate of drug-likeness (QED) is 0.834. The van der Waals surface area contributed by atoms with Crippen LogP contribution in [-0.2, 0) is 4.79 Å². The second kappa shape index (κ2) is 5.13. The van der Waals surface area contributed by atoms with Crippen LogP contribution in [0.4, 0.5) is 5.69 Å². The van der Waals surface area contributed by atoms with Crippen molar-refractivity contribution in [1.29, 1.82) is 0 Å². The molecule has 0 saturated carbocycles. The highest BCUT2D eigenvalue weighted by molar-refractivity contribution is 5.96. The number of likely N-dealkylation sites (tertiary alicyclic amines) is 1. The molecule has 1 unspecified atom stereocenters. The summed E-state index contributed by atoms with van der Waals surface area (Å²) in [5.41, 5.74) is 5.93. The lowest BCUT2D eigenvalue weighted by atomic mass is 10.0. The van der Waals surface area contributed by atoms with Crippen LogP contribution in [0, 0.1) is 0 Å². The molecule has 1 aromatic carbocycles. The summed E-state index contributed by atoms with van der Waals surface area (Å²) in [5, 5.41) is 9.09. The zero-order valence-electron chi connectivity index (χ0n) is 11.7. The van der Waals surface area contributed by atoms with Crippen LogP contribution in [-0.4, -0.2) is 54.6 Å². The first-order valence-electron chi connectivity index (χ1n) is 6.42. The number of nitrogens with two attached hydrogens (primary N) is 1. The van der Waals surface area contributed by atoms with Gasteiger partial charge in [-0.3, -0.25) is 9.59 Å². The van der Waals surface area contributed by atoms with E-state index in [0.29, 0.717) is 12.1 Å². The van der Waals surface area contributed by atoms with E-state index in [1.165, 1.54) is 4.90 Å². The summed E-state index contributed by atoms with van der Waals surface area (Å²) in [6.07, 6.45) is 0.279. The Kier molecular flexibility index (Phi) is 3.67. The molecular formula is C14H19N3O3. The van der Waals surface area contributed by atoms with Crippen LogP contribution in [0.1, 0.15) is 16.8 Å². The second-order valence-electron chi connectivity index (χ2n) is 5.38. The number of carbonyl (C=O) groups is 2. The van der Waals surface area contributed by atoms with Gasteiger partial charge in [0.15, 0.2) is 0 Å². The molecule has 20 heavy (non-hydrogen) atoms. The van der Waals surface area contributed by atoms with Gasteiger partial charge in [0.1, 0.15) is 5.54 Å². The lowest BCUT2D eigenvalue weighted by molar-refractivity contribution is -0.142. The molecule has 0 aromatic heterocycles. The number of hydrogen-bond acceptors (Lipinski definition) is 4. The van der Waals surface area contributed by atoms with Crippen LogP contribution in [0.5, 0.6) is 0 Å². The fraction of sp³-hybridized carbons (Fsp3) is 0.429. The molecule has 1 fully saturated rings. The SMILES string of the molecule is CN(C)c1cccc(C(=O)N2CCC(N)(C(=O)O)C2)c1. The summed E-state index contributed by atoms with van der Waals surface area (Å²) < 4.78 is 0. The van der Waals surface area contributed by atoms with Gasteiger partial charge in [-0.05, 0) is 24.6 Å². The van der Waals surface area contributed by atoms with E-state index in [1.54, 1.807) is 12.1 Å². The van der Waals surface area contributed by atoms with Crippen molar-refractivity contribution in [3.8, 4) is 0 Å². The van der Waals surface area contributed by atoms with Crippen LogP contribution in [0.25, 0.3) is 0 Å². The molecule has 1 aliphatic rings. The van der Waals surface area contributed by atoms with Gasteiger partial charge in [-0.2, -0.15) is 0 Å². The molecule has 1 aliphatic heterocycles. The Balaban J connectivity index is 2.17. The van der Waals surface area contributed by atoms with E-state index in [0.717, 1.165) is 5.69 Å². The third-order valence-corrected chi connectivity index (χ3v) is 3.62. The highest BCUT2D eigenvalue weighted by atomic mass is 16.4. The maximum atomic E-state index is 12.4. The number of carboxylic acids is 1. The predicted octanol–water partition coefficient (Wildman–Crippen LogP) is 0.381. The van der Waals surface area contributed by atoms with Crippen LogP contribution < -0.4 is 10.6 Å². The number of aliphatic carboxylic acids is 1. The minimum Gasteiger partial charge on any atom is -0.480 e. The molecule has 1 atom stereocenters. The van der Waals surface area contributed by atoms with Crippen LogP contribution >= 0.6 is 0 Å². The molecule has 108 valence electrons. The molecule has 0 spiro atoms. The van der Waals surface area contributed by atoms with E-state index < -0.39 is 11.5 Å². The molecule has 6 heteroatoms. The molecule has 6 nitrogen and oxygen atoms in total. The predicted molar refractivity (Wildman–Crippen MR) is 75.8 cm³/mol. The fourth-order valence-electron chi connectivity index (χ4n) is 2.28. The smallest absolute Gasteiger partial charge is 0.325 e. The van der Waals surface area contributed by atoms with Crippen molar-refractivity contribution in [2.24, 2.45) is 5.73 Å². The average Bonchev–Trinajstić information content (AvgIpc) is 2.82. The second-order valence-corrected chi connectivity index (χ2v) is 5.38. The Labute approximate surface area is 117 Å². The minimum absolute atomic E-state index is 0.0490. The highest BCUT2D eigenvalue weighted by Gasteiger charge is 2.43. The lowest BCUT2D eigenvalue weighted by Crippen LogP contribution is -2.50. The van der Waals surface area contributed by atoms with E-state index in [-0.39, 0.29) is 18.9 Å². The number of carbonyl (C=O) groups excluding carboxylic acids is 1. The summed E-state index contributed by atoms with van der Waals surface area (Å²) in [6.45, 7) is 0.418. The number of anilines is 1. The Morgan fingerprint density at radius 3 is 2.65 bits per heavy atom. The Bertz CT molecular complexity index is 544. The maximum Gasteiger partial charge on any atom is 0.325 e. The number of amides is 1. The minimum atomic E-state index is -1.32. The van der Waals surface area contributed by atoms with Gasteiger partial charge in [-0.25, -0.2) is 0 Å². The van der Waals surface area contributed by atoms with Gasteiger partial charge in [0.25, 0.3) is 5.91 Å². The van der Waals surface area contributed by atoms with Crippen LogP contribution in [0.2, 0.25) is 0 Å². The van der Waals surface area contributed by atoms with Gasteiger partial charge in [0, 0.05) is 38.4 Å². The first-order valence-corrected chi connectivity index (χ1v) is 6.42.